The standard InChI is InChI=1S/C18H25NO2/c1-3-18(2)10-12-19(13-11-18)14-16-7-5-4-6-15(16)8-9-17(20)21/h4-9H,3,10-14H2,1-2H3,(H,20,21). The molecule has 1 aromatic rings. The van der Waals surface area contributed by atoms with Crippen LogP contribution in [-0.2, 0) is 11.3 Å². The van der Waals surface area contributed by atoms with Crippen molar-refractivity contribution >= 4 is 12.0 Å². The molecule has 0 radical (unpaired) electrons. The smallest absolute Gasteiger partial charge is 0.328 e. The van der Waals surface area contributed by atoms with Gasteiger partial charge in [-0.1, -0.05) is 44.5 Å². The van der Waals surface area contributed by atoms with E-state index < -0.39 is 5.97 Å². The number of carboxylic acids is 1. The van der Waals surface area contributed by atoms with E-state index in [1.54, 1.807) is 6.08 Å². The molecule has 0 bridgehead atoms. The third-order valence-corrected chi connectivity index (χ3v) is 4.77. The van der Waals surface area contributed by atoms with Crippen LogP contribution in [0.2, 0.25) is 0 Å². The molecule has 0 aliphatic carbocycles. The van der Waals surface area contributed by atoms with Crippen LogP contribution >= 0.6 is 0 Å². The Morgan fingerprint density at radius 1 is 1.33 bits per heavy atom. The molecule has 1 heterocycles. The largest absolute Gasteiger partial charge is 0.478 e. The first-order valence-corrected chi connectivity index (χ1v) is 7.74. The number of piperidine rings is 1. The molecule has 0 aromatic heterocycles. The van der Waals surface area contributed by atoms with Crippen molar-refractivity contribution in [1.82, 2.24) is 4.90 Å². The van der Waals surface area contributed by atoms with Crippen LogP contribution in [0, 0.1) is 5.41 Å². The molecular weight excluding hydrogens is 262 g/mol. The maximum absolute atomic E-state index is 10.7. The summed E-state index contributed by atoms with van der Waals surface area (Å²) in [7, 11) is 0. The number of likely N-dealkylation sites (tertiary alicyclic amines) is 1. The topological polar surface area (TPSA) is 40.5 Å². The second kappa shape index (κ2) is 6.90. The molecule has 0 spiro atoms. The third-order valence-electron chi connectivity index (χ3n) is 4.77. The van der Waals surface area contributed by atoms with Crippen molar-refractivity contribution in [2.24, 2.45) is 5.41 Å². The maximum atomic E-state index is 10.7. The number of carbonyl (C=O) groups is 1. The minimum absolute atomic E-state index is 0.499. The first-order chi connectivity index (χ1) is 10.0. The molecule has 0 atom stereocenters. The molecule has 1 aliphatic heterocycles. The number of hydrogen-bond donors (Lipinski definition) is 1. The molecular formula is C18H25NO2. The van der Waals surface area contributed by atoms with Crippen molar-refractivity contribution in [3.8, 4) is 0 Å². The first-order valence-electron chi connectivity index (χ1n) is 7.74. The summed E-state index contributed by atoms with van der Waals surface area (Å²) >= 11 is 0. The van der Waals surface area contributed by atoms with Crippen LogP contribution in [0.3, 0.4) is 0 Å². The summed E-state index contributed by atoms with van der Waals surface area (Å²) < 4.78 is 0. The van der Waals surface area contributed by atoms with Gasteiger partial charge in [-0.15, -0.1) is 0 Å². The summed E-state index contributed by atoms with van der Waals surface area (Å²) in [6, 6.07) is 8.05. The number of nitrogens with zero attached hydrogens (tertiary/aromatic N) is 1. The Morgan fingerprint density at radius 2 is 2.00 bits per heavy atom. The minimum atomic E-state index is -0.901. The Kier molecular flexibility index (Phi) is 5.18. The third kappa shape index (κ3) is 4.43. The van der Waals surface area contributed by atoms with E-state index in [1.807, 2.05) is 18.2 Å². The van der Waals surface area contributed by atoms with Gasteiger partial charge in [-0.25, -0.2) is 4.79 Å². The summed E-state index contributed by atoms with van der Waals surface area (Å²) in [5, 5.41) is 8.77. The van der Waals surface area contributed by atoms with E-state index in [9.17, 15) is 4.79 Å². The van der Waals surface area contributed by atoms with Crippen LogP contribution in [0.25, 0.3) is 6.08 Å². The van der Waals surface area contributed by atoms with E-state index in [2.05, 4.69) is 24.8 Å². The lowest BCUT2D eigenvalue weighted by atomic mass is 9.78. The Morgan fingerprint density at radius 3 is 2.62 bits per heavy atom. The minimum Gasteiger partial charge on any atom is -0.478 e. The zero-order valence-corrected chi connectivity index (χ0v) is 13.0. The van der Waals surface area contributed by atoms with Gasteiger partial charge in [0.05, 0.1) is 0 Å². The summed E-state index contributed by atoms with van der Waals surface area (Å²) in [5.74, 6) is -0.901. The molecule has 0 saturated carbocycles. The van der Waals surface area contributed by atoms with Crippen LogP contribution in [0.5, 0.6) is 0 Å². The van der Waals surface area contributed by atoms with E-state index in [0.717, 1.165) is 25.2 Å². The summed E-state index contributed by atoms with van der Waals surface area (Å²) in [6.45, 7) is 7.82. The van der Waals surface area contributed by atoms with Gasteiger partial charge in [-0.3, -0.25) is 4.90 Å². The number of hydrogen-bond acceptors (Lipinski definition) is 2. The van der Waals surface area contributed by atoms with Crippen LogP contribution in [0.1, 0.15) is 44.2 Å². The molecule has 1 saturated heterocycles. The quantitative estimate of drug-likeness (QED) is 0.837. The van der Waals surface area contributed by atoms with Gasteiger partial charge < -0.3 is 5.11 Å². The average Bonchev–Trinajstić information content (AvgIpc) is 2.49. The SMILES string of the molecule is CCC1(C)CCN(Cc2ccccc2C=CC(=O)O)CC1. The highest BCUT2D eigenvalue weighted by molar-refractivity contribution is 5.85. The van der Waals surface area contributed by atoms with Gasteiger partial charge in [0.2, 0.25) is 0 Å². The van der Waals surface area contributed by atoms with Crippen molar-refractivity contribution in [2.45, 2.75) is 39.7 Å². The highest BCUT2D eigenvalue weighted by Crippen LogP contribution is 2.34. The van der Waals surface area contributed by atoms with Gasteiger partial charge in [0, 0.05) is 12.6 Å². The monoisotopic (exact) mass is 287 g/mol. The van der Waals surface area contributed by atoms with Gasteiger partial charge in [0.1, 0.15) is 0 Å². The lowest BCUT2D eigenvalue weighted by Gasteiger charge is -2.39. The summed E-state index contributed by atoms with van der Waals surface area (Å²) in [4.78, 5) is 13.2. The number of benzene rings is 1. The van der Waals surface area contributed by atoms with Crippen molar-refractivity contribution in [3.63, 3.8) is 0 Å². The second-order valence-electron chi connectivity index (χ2n) is 6.31. The predicted octanol–water partition coefficient (Wildman–Crippen LogP) is 3.80. The molecule has 21 heavy (non-hydrogen) atoms. The van der Waals surface area contributed by atoms with Gasteiger partial charge in [-0.2, -0.15) is 0 Å². The maximum Gasteiger partial charge on any atom is 0.328 e. The highest BCUT2D eigenvalue weighted by Gasteiger charge is 2.28. The summed E-state index contributed by atoms with van der Waals surface area (Å²) in [6.07, 6.45) is 6.65. The van der Waals surface area contributed by atoms with Gasteiger partial charge in [0.15, 0.2) is 0 Å². The van der Waals surface area contributed by atoms with Crippen molar-refractivity contribution in [3.05, 3.63) is 41.5 Å². The lowest BCUT2D eigenvalue weighted by molar-refractivity contribution is -0.131. The first kappa shape index (κ1) is 15.8. The zero-order chi connectivity index (χ0) is 15.3. The Balaban J connectivity index is 2.02. The molecule has 1 aromatic carbocycles. The molecule has 3 heteroatoms. The van der Waals surface area contributed by atoms with Crippen molar-refractivity contribution in [2.75, 3.05) is 13.1 Å². The molecule has 1 aliphatic rings. The Labute approximate surface area is 127 Å². The van der Waals surface area contributed by atoms with Crippen LogP contribution < -0.4 is 0 Å². The molecule has 3 nitrogen and oxygen atoms in total. The molecule has 114 valence electrons. The normalized spacial score (nSPS) is 19.0. The summed E-state index contributed by atoms with van der Waals surface area (Å²) in [5.41, 5.74) is 2.71. The second-order valence-corrected chi connectivity index (χ2v) is 6.31. The van der Waals surface area contributed by atoms with Gasteiger partial charge in [-0.05, 0) is 48.5 Å². The van der Waals surface area contributed by atoms with Crippen LogP contribution in [0.4, 0.5) is 0 Å². The van der Waals surface area contributed by atoms with E-state index >= 15 is 0 Å². The predicted molar refractivity (Wildman–Crippen MR) is 86.0 cm³/mol. The fraction of sp³-hybridized carbons (Fsp3) is 0.500. The van der Waals surface area contributed by atoms with Crippen LogP contribution in [0.15, 0.2) is 30.3 Å². The van der Waals surface area contributed by atoms with E-state index in [-0.39, 0.29) is 0 Å². The molecule has 2 rings (SSSR count). The Hall–Kier alpha value is -1.61. The van der Waals surface area contributed by atoms with E-state index in [1.165, 1.54) is 30.9 Å². The molecule has 0 unspecified atom stereocenters. The van der Waals surface area contributed by atoms with Gasteiger partial charge in [0.25, 0.3) is 0 Å². The molecule has 1 N–H and O–H groups in total. The Bertz CT molecular complexity index is 514. The fourth-order valence-corrected chi connectivity index (χ4v) is 2.85. The highest BCUT2D eigenvalue weighted by atomic mass is 16.4. The number of carboxylic acid groups (broad SMARTS) is 1. The van der Waals surface area contributed by atoms with Crippen LogP contribution in [-0.4, -0.2) is 29.1 Å². The molecule has 0 amide bonds. The van der Waals surface area contributed by atoms with Crippen molar-refractivity contribution in [1.29, 1.82) is 0 Å². The van der Waals surface area contributed by atoms with E-state index in [0.29, 0.717) is 5.41 Å². The zero-order valence-electron chi connectivity index (χ0n) is 13.0. The number of aliphatic carboxylic acids is 1. The molecule has 1 fully saturated rings. The van der Waals surface area contributed by atoms with Crippen molar-refractivity contribution < 1.29 is 9.90 Å². The fourth-order valence-electron chi connectivity index (χ4n) is 2.85. The van der Waals surface area contributed by atoms with Gasteiger partial charge >= 0.3 is 5.97 Å². The average molecular weight is 287 g/mol. The van der Waals surface area contributed by atoms with E-state index in [4.69, 9.17) is 5.11 Å². The number of rotatable bonds is 5. The lowest BCUT2D eigenvalue weighted by Crippen LogP contribution is -2.38.